The van der Waals surface area contributed by atoms with Crippen molar-refractivity contribution in [1.82, 2.24) is 10.3 Å². The Bertz CT molecular complexity index is 678. The predicted octanol–water partition coefficient (Wildman–Crippen LogP) is 1.21. The average molecular weight is 330 g/mol. The van der Waals surface area contributed by atoms with E-state index in [1.54, 1.807) is 6.07 Å². The Kier molecular flexibility index (Phi) is 6.41. The third-order valence-electron chi connectivity index (χ3n) is 3.31. The van der Waals surface area contributed by atoms with Crippen molar-refractivity contribution in [2.75, 3.05) is 6.54 Å². The van der Waals surface area contributed by atoms with Crippen LogP contribution in [-0.2, 0) is 11.3 Å². The molecule has 24 heavy (non-hydrogen) atoms. The summed E-state index contributed by atoms with van der Waals surface area (Å²) in [6.45, 7) is -0.148. The topological polar surface area (TPSA) is 109 Å². The number of aliphatic hydroxyl groups excluding tert-OH is 2. The molecule has 2 unspecified atom stereocenters. The number of ether oxygens (including phenoxy) is 1. The molecule has 0 fully saturated rings. The Balaban J connectivity index is 1.82. The van der Waals surface area contributed by atoms with Gasteiger partial charge in [0.2, 0.25) is 0 Å². The van der Waals surface area contributed by atoms with E-state index in [4.69, 9.17) is 4.74 Å². The number of aliphatic hydroxyl groups is 2. The van der Waals surface area contributed by atoms with E-state index in [-0.39, 0.29) is 24.4 Å². The summed E-state index contributed by atoms with van der Waals surface area (Å²) in [5.74, 6) is 0. The summed E-state index contributed by atoms with van der Waals surface area (Å²) >= 11 is 0. The van der Waals surface area contributed by atoms with Crippen molar-refractivity contribution in [3.8, 4) is 0 Å². The molecule has 0 saturated heterocycles. The summed E-state index contributed by atoms with van der Waals surface area (Å²) in [5.41, 5.74) is 1.06. The van der Waals surface area contributed by atoms with Gasteiger partial charge in [-0.2, -0.15) is 0 Å². The van der Waals surface area contributed by atoms with Crippen molar-refractivity contribution < 1.29 is 24.5 Å². The third-order valence-corrected chi connectivity index (χ3v) is 3.31. The Labute approximate surface area is 138 Å². The lowest BCUT2D eigenvalue weighted by atomic mass is 10.1. The number of nitrogens with one attached hydrogen (secondary N) is 1. The van der Waals surface area contributed by atoms with E-state index in [1.165, 1.54) is 12.3 Å². The highest BCUT2D eigenvalue weighted by atomic mass is 16.5. The van der Waals surface area contributed by atoms with Crippen LogP contribution in [0.15, 0.2) is 48.7 Å². The van der Waals surface area contributed by atoms with Crippen LogP contribution in [0.5, 0.6) is 0 Å². The molecule has 2 rings (SSSR count). The maximum Gasteiger partial charge on any atom is 0.407 e. The largest absolute Gasteiger partial charge is 0.445 e. The molecule has 1 heterocycles. The minimum absolute atomic E-state index is 0.0550. The van der Waals surface area contributed by atoms with Crippen LogP contribution in [0, 0.1) is 0 Å². The van der Waals surface area contributed by atoms with E-state index in [0.29, 0.717) is 6.29 Å². The van der Waals surface area contributed by atoms with Gasteiger partial charge in [-0.15, -0.1) is 0 Å². The van der Waals surface area contributed by atoms with Crippen molar-refractivity contribution in [2.24, 2.45) is 0 Å². The van der Waals surface area contributed by atoms with Gasteiger partial charge in [0.1, 0.15) is 18.8 Å². The maximum absolute atomic E-state index is 11.6. The van der Waals surface area contributed by atoms with Gasteiger partial charge in [0.15, 0.2) is 6.29 Å². The monoisotopic (exact) mass is 330 g/mol. The summed E-state index contributed by atoms with van der Waals surface area (Å²) in [4.78, 5) is 26.4. The summed E-state index contributed by atoms with van der Waals surface area (Å²) < 4.78 is 4.99. The summed E-state index contributed by atoms with van der Waals surface area (Å²) in [7, 11) is 0. The van der Waals surface area contributed by atoms with Crippen LogP contribution >= 0.6 is 0 Å². The quantitative estimate of drug-likeness (QED) is 0.659. The molecule has 0 bridgehead atoms. The Morgan fingerprint density at radius 2 is 1.96 bits per heavy atom. The fraction of sp³-hybridized carbons (Fsp3) is 0.235. The van der Waals surface area contributed by atoms with Gasteiger partial charge in [-0.1, -0.05) is 30.3 Å². The van der Waals surface area contributed by atoms with Crippen molar-refractivity contribution in [2.45, 2.75) is 18.8 Å². The molecule has 7 heteroatoms. The zero-order valence-corrected chi connectivity index (χ0v) is 12.8. The molecular formula is C17H18N2O5. The number of carbonyl (C=O) groups excluding carboxylic acids is 2. The minimum atomic E-state index is -1.40. The highest BCUT2D eigenvalue weighted by Crippen LogP contribution is 2.17. The number of hydrogen-bond donors (Lipinski definition) is 3. The number of aromatic nitrogens is 1. The molecule has 126 valence electrons. The van der Waals surface area contributed by atoms with Crippen LogP contribution < -0.4 is 5.32 Å². The number of alkyl carbamates (subject to hydrolysis) is 1. The van der Waals surface area contributed by atoms with Gasteiger partial charge in [-0.25, -0.2) is 4.79 Å². The van der Waals surface area contributed by atoms with Crippen LogP contribution in [0.1, 0.15) is 27.7 Å². The molecule has 0 saturated carbocycles. The number of nitrogens with zero attached hydrogens (tertiary/aromatic N) is 1. The van der Waals surface area contributed by atoms with Crippen LogP contribution in [-0.4, -0.2) is 40.2 Å². The molecule has 0 aliphatic carbocycles. The SMILES string of the molecule is O=Cc1cccnc1C(O)C(O)CNC(=O)OCc1ccccc1. The highest BCUT2D eigenvalue weighted by molar-refractivity contribution is 5.76. The number of rotatable bonds is 7. The van der Waals surface area contributed by atoms with Gasteiger partial charge in [-0.05, 0) is 17.7 Å². The average Bonchev–Trinajstić information content (AvgIpc) is 2.64. The molecular weight excluding hydrogens is 312 g/mol. The third kappa shape index (κ3) is 4.87. The molecule has 3 N–H and O–H groups in total. The Morgan fingerprint density at radius 1 is 1.21 bits per heavy atom. The zero-order valence-electron chi connectivity index (χ0n) is 12.8. The number of amides is 1. The van der Waals surface area contributed by atoms with Crippen molar-refractivity contribution >= 4 is 12.4 Å². The van der Waals surface area contributed by atoms with Gasteiger partial charge >= 0.3 is 6.09 Å². The second kappa shape index (κ2) is 8.76. The van der Waals surface area contributed by atoms with E-state index >= 15 is 0 Å². The fourth-order valence-electron chi connectivity index (χ4n) is 2.03. The molecule has 1 aromatic heterocycles. The van der Waals surface area contributed by atoms with Gasteiger partial charge in [0.05, 0.1) is 5.69 Å². The van der Waals surface area contributed by atoms with E-state index in [1.807, 2.05) is 30.3 Å². The molecule has 2 atom stereocenters. The molecule has 7 nitrogen and oxygen atoms in total. The number of hydrogen-bond acceptors (Lipinski definition) is 6. The minimum Gasteiger partial charge on any atom is -0.445 e. The van der Waals surface area contributed by atoms with Crippen molar-refractivity contribution in [3.63, 3.8) is 0 Å². The summed E-state index contributed by atoms with van der Waals surface area (Å²) in [6.07, 6.45) is -1.51. The molecule has 0 aliphatic rings. The van der Waals surface area contributed by atoms with E-state index in [0.717, 1.165) is 5.56 Å². The highest BCUT2D eigenvalue weighted by Gasteiger charge is 2.23. The predicted molar refractivity (Wildman–Crippen MR) is 85.2 cm³/mol. The molecule has 1 amide bonds. The zero-order chi connectivity index (χ0) is 17.4. The fourth-order valence-corrected chi connectivity index (χ4v) is 2.03. The number of pyridine rings is 1. The van der Waals surface area contributed by atoms with Crippen molar-refractivity contribution in [3.05, 3.63) is 65.5 Å². The van der Waals surface area contributed by atoms with E-state index in [9.17, 15) is 19.8 Å². The van der Waals surface area contributed by atoms with Gasteiger partial charge in [0, 0.05) is 18.3 Å². The summed E-state index contributed by atoms with van der Waals surface area (Å²) in [5, 5.41) is 22.4. The normalized spacial score (nSPS) is 12.9. The Morgan fingerprint density at radius 3 is 2.67 bits per heavy atom. The number of carbonyl (C=O) groups is 2. The second-order valence-corrected chi connectivity index (χ2v) is 5.05. The molecule has 2 aromatic rings. The van der Waals surface area contributed by atoms with Crippen molar-refractivity contribution in [1.29, 1.82) is 0 Å². The van der Waals surface area contributed by atoms with Crippen LogP contribution in [0.25, 0.3) is 0 Å². The number of aldehydes is 1. The Hall–Kier alpha value is -2.77. The standard InChI is InChI=1S/C17H18N2O5/c20-10-13-7-4-8-18-15(13)16(22)14(21)9-19-17(23)24-11-12-5-2-1-3-6-12/h1-8,10,14,16,21-22H,9,11H2,(H,19,23). The smallest absolute Gasteiger partial charge is 0.407 e. The van der Waals surface area contributed by atoms with Crippen LogP contribution in [0.3, 0.4) is 0 Å². The first-order valence-corrected chi connectivity index (χ1v) is 7.32. The van der Waals surface area contributed by atoms with E-state index < -0.39 is 18.3 Å². The first-order chi connectivity index (χ1) is 11.6. The lowest BCUT2D eigenvalue weighted by Crippen LogP contribution is -2.36. The van der Waals surface area contributed by atoms with Gasteiger partial charge in [0.25, 0.3) is 0 Å². The lowest BCUT2D eigenvalue weighted by Gasteiger charge is -2.18. The number of benzene rings is 1. The molecule has 0 spiro atoms. The van der Waals surface area contributed by atoms with Crippen LogP contribution in [0.2, 0.25) is 0 Å². The lowest BCUT2D eigenvalue weighted by molar-refractivity contribution is 0.0155. The maximum atomic E-state index is 11.6. The first kappa shape index (κ1) is 17.6. The molecule has 1 aromatic carbocycles. The van der Waals surface area contributed by atoms with Gasteiger partial charge < -0.3 is 20.3 Å². The van der Waals surface area contributed by atoms with Gasteiger partial charge in [-0.3, -0.25) is 9.78 Å². The summed E-state index contributed by atoms with van der Waals surface area (Å²) in [6, 6.07) is 12.2. The first-order valence-electron chi connectivity index (χ1n) is 7.32. The van der Waals surface area contributed by atoms with Crippen LogP contribution in [0.4, 0.5) is 4.79 Å². The van der Waals surface area contributed by atoms with E-state index in [2.05, 4.69) is 10.3 Å². The second-order valence-electron chi connectivity index (χ2n) is 5.05. The molecule has 0 radical (unpaired) electrons. The molecule has 0 aliphatic heterocycles.